The molecule has 0 unspecified atom stereocenters. The smallest absolute Gasteiger partial charge is 0.311 e. The van der Waals surface area contributed by atoms with Crippen LogP contribution in [0.2, 0.25) is 5.15 Å². The van der Waals surface area contributed by atoms with Crippen molar-refractivity contribution in [3.8, 4) is 0 Å². The molecule has 0 bridgehead atoms. The number of pyridine rings is 1. The van der Waals surface area contributed by atoms with Gasteiger partial charge in [0.2, 0.25) is 5.82 Å². The number of hydrogen-bond acceptors (Lipinski definition) is 5. The summed E-state index contributed by atoms with van der Waals surface area (Å²) in [5.74, 6) is 0.961. The van der Waals surface area contributed by atoms with Crippen LogP contribution in [0.25, 0.3) is 0 Å². The van der Waals surface area contributed by atoms with Crippen LogP contribution in [-0.2, 0) is 4.74 Å². The summed E-state index contributed by atoms with van der Waals surface area (Å²) in [5.41, 5.74) is -0.0664. The first-order chi connectivity index (χ1) is 9.16. The molecule has 0 atom stereocenters. The second kappa shape index (κ2) is 6.68. The van der Waals surface area contributed by atoms with E-state index >= 15 is 0 Å². The first-order valence-corrected chi connectivity index (χ1v) is 6.67. The van der Waals surface area contributed by atoms with Crippen LogP contribution in [0.4, 0.5) is 11.5 Å². The van der Waals surface area contributed by atoms with Gasteiger partial charge in [-0.2, -0.15) is 0 Å². The van der Waals surface area contributed by atoms with Gasteiger partial charge in [-0.25, -0.2) is 4.98 Å². The predicted octanol–water partition coefficient (Wildman–Crippen LogP) is 2.87. The Labute approximate surface area is 116 Å². The molecule has 2 rings (SSSR count). The molecule has 0 aromatic carbocycles. The molecule has 1 aliphatic rings. The minimum atomic E-state index is -0.477. The monoisotopic (exact) mass is 285 g/mol. The summed E-state index contributed by atoms with van der Waals surface area (Å²) in [5, 5.41) is 14.0. The molecule has 6 nitrogen and oxygen atoms in total. The second-order valence-electron chi connectivity index (χ2n) is 4.56. The summed E-state index contributed by atoms with van der Waals surface area (Å²) >= 11 is 5.73. The summed E-state index contributed by atoms with van der Waals surface area (Å²) in [7, 11) is 0. The van der Waals surface area contributed by atoms with Crippen molar-refractivity contribution in [3.63, 3.8) is 0 Å². The van der Waals surface area contributed by atoms with Gasteiger partial charge >= 0.3 is 5.69 Å². The highest BCUT2D eigenvalue weighted by atomic mass is 35.5. The van der Waals surface area contributed by atoms with Gasteiger partial charge in [0.05, 0.1) is 4.92 Å². The van der Waals surface area contributed by atoms with Gasteiger partial charge in [0.25, 0.3) is 0 Å². The van der Waals surface area contributed by atoms with Gasteiger partial charge in [0.1, 0.15) is 5.15 Å². The Hall–Kier alpha value is -1.40. The van der Waals surface area contributed by atoms with Crippen LogP contribution in [0, 0.1) is 16.0 Å². The molecule has 0 spiro atoms. The van der Waals surface area contributed by atoms with Crippen molar-refractivity contribution in [2.75, 3.05) is 25.1 Å². The van der Waals surface area contributed by atoms with E-state index < -0.39 is 4.92 Å². The largest absolute Gasteiger partial charge is 0.381 e. The third kappa shape index (κ3) is 4.65. The number of nitrogens with one attached hydrogen (secondary N) is 1. The predicted molar refractivity (Wildman–Crippen MR) is 72.6 cm³/mol. The Bertz CT molecular complexity index is 452. The first kappa shape index (κ1) is 14.0. The van der Waals surface area contributed by atoms with Crippen LogP contribution in [0.5, 0.6) is 0 Å². The quantitative estimate of drug-likeness (QED) is 0.344. The second-order valence-corrected chi connectivity index (χ2v) is 4.94. The maximum Gasteiger partial charge on any atom is 0.311 e. The van der Waals surface area contributed by atoms with Gasteiger partial charge in [0.15, 0.2) is 0 Å². The SMILES string of the molecule is O=[N+]([O-])c1ccc(Cl)nc1NCCCOCC1CC1. The highest BCUT2D eigenvalue weighted by molar-refractivity contribution is 6.29. The van der Waals surface area contributed by atoms with Crippen molar-refractivity contribution in [1.82, 2.24) is 4.98 Å². The minimum Gasteiger partial charge on any atom is -0.381 e. The van der Waals surface area contributed by atoms with Gasteiger partial charge in [-0.05, 0) is 31.2 Å². The molecule has 1 fully saturated rings. The molecule has 0 radical (unpaired) electrons. The van der Waals surface area contributed by atoms with Crippen LogP contribution in [0.3, 0.4) is 0 Å². The van der Waals surface area contributed by atoms with Crippen molar-refractivity contribution in [1.29, 1.82) is 0 Å². The Balaban J connectivity index is 1.74. The van der Waals surface area contributed by atoms with E-state index in [0.717, 1.165) is 18.9 Å². The highest BCUT2D eigenvalue weighted by Crippen LogP contribution is 2.28. The average Bonchev–Trinajstić information content (AvgIpc) is 3.17. The Morgan fingerprint density at radius 2 is 2.32 bits per heavy atom. The third-order valence-electron chi connectivity index (χ3n) is 2.85. The Morgan fingerprint density at radius 1 is 1.53 bits per heavy atom. The molecule has 1 aliphatic carbocycles. The van der Waals surface area contributed by atoms with E-state index in [9.17, 15) is 10.1 Å². The summed E-state index contributed by atoms with van der Waals surface area (Å²) in [6, 6.07) is 2.75. The number of rotatable bonds is 8. The molecule has 1 aromatic heterocycles. The number of halogens is 1. The van der Waals surface area contributed by atoms with Gasteiger partial charge in [-0.15, -0.1) is 0 Å². The lowest BCUT2D eigenvalue weighted by Crippen LogP contribution is -2.09. The van der Waals surface area contributed by atoms with Crippen LogP contribution in [-0.4, -0.2) is 29.7 Å². The molecular weight excluding hydrogens is 270 g/mol. The van der Waals surface area contributed by atoms with Gasteiger partial charge in [-0.3, -0.25) is 10.1 Å². The number of aromatic nitrogens is 1. The van der Waals surface area contributed by atoms with Crippen LogP contribution in [0.1, 0.15) is 19.3 Å². The topological polar surface area (TPSA) is 77.3 Å². The number of hydrogen-bond donors (Lipinski definition) is 1. The lowest BCUT2D eigenvalue weighted by molar-refractivity contribution is -0.384. The lowest BCUT2D eigenvalue weighted by atomic mass is 10.3. The molecular formula is C12H16ClN3O3. The van der Waals surface area contributed by atoms with Crippen molar-refractivity contribution < 1.29 is 9.66 Å². The van der Waals surface area contributed by atoms with Gasteiger partial charge < -0.3 is 10.1 Å². The minimum absolute atomic E-state index is 0.0664. The van der Waals surface area contributed by atoms with Crippen LogP contribution >= 0.6 is 11.6 Å². The number of nitro groups is 1. The van der Waals surface area contributed by atoms with E-state index in [-0.39, 0.29) is 16.7 Å². The fraction of sp³-hybridized carbons (Fsp3) is 0.583. The summed E-state index contributed by atoms with van der Waals surface area (Å²) in [6.07, 6.45) is 3.33. The fourth-order valence-electron chi connectivity index (χ4n) is 1.62. The molecule has 104 valence electrons. The molecule has 19 heavy (non-hydrogen) atoms. The summed E-state index contributed by atoms with van der Waals surface area (Å²) in [6.45, 7) is 2.05. The third-order valence-corrected chi connectivity index (χ3v) is 3.06. The lowest BCUT2D eigenvalue weighted by Gasteiger charge is -2.07. The van der Waals surface area contributed by atoms with E-state index in [4.69, 9.17) is 16.3 Å². The van der Waals surface area contributed by atoms with E-state index in [2.05, 4.69) is 10.3 Å². The number of ether oxygens (including phenoxy) is 1. The zero-order valence-corrected chi connectivity index (χ0v) is 11.2. The maximum absolute atomic E-state index is 10.8. The Morgan fingerprint density at radius 3 is 3.00 bits per heavy atom. The number of anilines is 1. The van der Waals surface area contributed by atoms with Crippen LogP contribution in [0.15, 0.2) is 12.1 Å². The molecule has 1 aromatic rings. The molecule has 0 amide bonds. The normalized spacial score (nSPS) is 14.4. The standard InChI is InChI=1S/C12H16ClN3O3/c13-11-5-4-10(16(17)18)12(15-11)14-6-1-7-19-8-9-2-3-9/h4-5,9H,1-3,6-8H2,(H,14,15). The summed E-state index contributed by atoms with van der Waals surface area (Å²) in [4.78, 5) is 14.3. The van der Waals surface area contributed by atoms with E-state index in [1.165, 1.54) is 25.0 Å². The molecule has 1 N–H and O–H groups in total. The van der Waals surface area contributed by atoms with E-state index in [1.54, 1.807) is 0 Å². The molecule has 0 saturated heterocycles. The van der Waals surface area contributed by atoms with Gasteiger partial charge in [0, 0.05) is 25.8 Å². The van der Waals surface area contributed by atoms with Crippen molar-refractivity contribution in [2.45, 2.75) is 19.3 Å². The Kier molecular flexibility index (Phi) is 4.93. The van der Waals surface area contributed by atoms with Crippen LogP contribution < -0.4 is 5.32 Å². The number of nitrogens with zero attached hydrogens (tertiary/aromatic N) is 2. The summed E-state index contributed by atoms with van der Waals surface area (Å²) < 4.78 is 5.48. The first-order valence-electron chi connectivity index (χ1n) is 6.29. The van der Waals surface area contributed by atoms with Crippen molar-refractivity contribution in [3.05, 3.63) is 27.4 Å². The van der Waals surface area contributed by atoms with Gasteiger partial charge in [-0.1, -0.05) is 11.6 Å². The zero-order chi connectivity index (χ0) is 13.7. The highest BCUT2D eigenvalue weighted by Gasteiger charge is 2.20. The van der Waals surface area contributed by atoms with Crippen molar-refractivity contribution >= 4 is 23.1 Å². The van der Waals surface area contributed by atoms with Crippen molar-refractivity contribution in [2.24, 2.45) is 5.92 Å². The maximum atomic E-state index is 10.8. The zero-order valence-electron chi connectivity index (χ0n) is 10.5. The molecule has 1 heterocycles. The molecule has 7 heteroatoms. The fourth-order valence-corrected chi connectivity index (χ4v) is 1.77. The van der Waals surface area contributed by atoms with E-state index in [0.29, 0.717) is 13.2 Å². The molecule has 1 saturated carbocycles. The molecule has 0 aliphatic heterocycles. The van der Waals surface area contributed by atoms with E-state index in [1.807, 2.05) is 0 Å². The average molecular weight is 286 g/mol.